The predicted octanol–water partition coefficient (Wildman–Crippen LogP) is 3.23. The third kappa shape index (κ3) is 1.19. The highest BCUT2D eigenvalue weighted by Gasteiger charge is 2.47. The number of carbonyl (C=O) groups is 1. The Morgan fingerprint density at radius 3 is 1.76 bits per heavy atom. The molecule has 0 atom stereocenters. The van der Waals surface area contributed by atoms with Crippen molar-refractivity contribution >= 4 is 17.6 Å². The van der Waals surface area contributed by atoms with E-state index in [1.807, 2.05) is 36.4 Å². The molecule has 1 aliphatic carbocycles. The Kier molecular flexibility index (Phi) is 2.04. The summed E-state index contributed by atoms with van der Waals surface area (Å²) in [4.78, 5) is 10.1. The van der Waals surface area contributed by atoms with Crippen molar-refractivity contribution in [3.05, 3.63) is 59.7 Å². The molecule has 1 N–H and O–H groups in total. The molecule has 0 heterocycles. The van der Waals surface area contributed by atoms with Crippen molar-refractivity contribution in [2.45, 2.75) is 4.87 Å². The quantitative estimate of drug-likeness (QED) is 0.782. The number of aliphatic carboxylic acids is 1. The van der Waals surface area contributed by atoms with Crippen LogP contribution in [0.2, 0.25) is 0 Å². The van der Waals surface area contributed by atoms with E-state index in [9.17, 15) is 9.90 Å². The normalized spacial score (nSPS) is 15.1. The van der Waals surface area contributed by atoms with Crippen molar-refractivity contribution < 1.29 is 9.90 Å². The van der Waals surface area contributed by atoms with Crippen molar-refractivity contribution in [2.24, 2.45) is 0 Å². The van der Waals surface area contributed by atoms with E-state index in [4.69, 9.17) is 11.6 Å². The highest BCUT2D eigenvalue weighted by molar-refractivity contribution is 6.38. The van der Waals surface area contributed by atoms with Crippen molar-refractivity contribution in [3.63, 3.8) is 0 Å². The Bertz CT molecular complexity index is 574. The minimum Gasteiger partial charge on any atom is -0.479 e. The molecule has 0 radical (unpaired) electrons. The van der Waals surface area contributed by atoms with Crippen LogP contribution in [0.3, 0.4) is 0 Å². The van der Waals surface area contributed by atoms with Gasteiger partial charge in [0.05, 0.1) is 0 Å². The van der Waals surface area contributed by atoms with Crippen LogP contribution in [0.15, 0.2) is 48.5 Å². The van der Waals surface area contributed by atoms with E-state index in [0.29, 0.717) is 11.1 Å². The highest BCUT2D eigenvalue weighted by atomic mass is 35.5. The van der Waals surface area contributed by atoms with E-state index < -0.39 is 10.8 Å². The predicted molar refractivity (Wildman–Crippen MR) is 66.1 cm³/mol. The van der Waals surface area contributed by atoms with Gasteiger partial charge in [-0.2, -0.15) is 0 Å². The highest BCUT2D eigenvalue weighted by Crippen LogP contribution is 2.51. The number of carboxylic acids is 1. The minimum atomic E-state index is -1.45. The molecule has 3 rings (SSSR count). The molecule has 0 aliphatic heterocycles. The maximum atomic E-state index is 11.5. The standard InChI is InChI=1S/C14H9ClO2/c15-14(13(16)17)11-7-3-1-5-9(11)10-6-2-4-8-12(10)14/h1-8H,(H,16,17). The Balaban J connectivity index is 2.43. The van der Waals surface area contributed by atoms with Gasteiger partial charge in [0.25, 0.3) is 0 Å². The average Bonchev–Trinajstić information content (AvgIpc) is 2.63. The van der Waals surface area contributed by atoms with Gasteiger partial charge in [0.2, 0.25) is 0 Å². The van der Waals surface area contributed by atoms with Crippen LogP contribution in [-0.4, -0.2) is 11.1 Å². The fraction of sp³-hybridized carbons (Fsp3) is 0.0714. The van der Waals surface area contributed by atoms with Crippen molar-refractivity contribution in [1.82, 2.24) is 0 Å². The van der Waals surface area contributed by atoms with Gasteiger partial charge in [-0.05, 0) is 22.3 Å². The van der Waals surface area contributed by atoms with Crippen molar-refractivity contribution in [3.8, 4) is 11.1 Å². The molecule has 2 aromatic rings. The van der Waals surface area contributed by atoms with E-state index in [0.717, 1.165) is 11.1 Å². The Hall–Kier alpha value is -1.80. The third-order valence-electron chi connectivity index (χ3n) is 3.18. The molecule has 0 amide bonds. The van der Waals surface area contributed by atoms with Crippen LogP contribution < -0.4 is 0 Å². The maximum Gasteiger partial charge on any atom is 0.334 e. The van der Waals surface area contributed by atoms with Gasteiger partial charge >= 0.3 is 5.97 Å². The SMILES string of the molecule is O=C(O)C1(Cl)c2ccccc2-c2ccccc21. The number of alkyl halides is 1. The topological polar surface area (TPSA) is 37.3 Å². The summed E-state index contributed by atoms with van der Waals surface area (Å²) in [5, 5.41) is 9.43. The molecule has 3 heteroatoms. The van der Waals surface area contributed by atoms with Gasteiger partial charge in [-0.1, -0.05) is 60.1 Å². The number of hydrogen-bond donors (Lipinski definition) is 1. The first-order valence-corrected chi connectivity index (χ1v) is 5.65. The molecule has 0 bridgehead atoms. The van der Waals surface area contributed by atoms with E-state index >= 15 is 0 Å². The second-order valence-electron chi connectivity index (χ2n) is 4.05. The van der Waals surface area contributed by atoms with Crippen LogP contribution in [0.4, 0.5) is 0 Å². The summed E-state index contributed by atoms with van der Waals surface area (Å²) in [6, 6.07) is 14.8. The summed E-state index contributed by atoms with van der Waals surface area (Å²) in [7, 11) is 0. The fourth-order valence-electron chi connectivity index (χ4n) is 2.41. The molecule has 0 aromatic heterocycles. The van der Waals surface area contributed by atoms with Gasteiger partial charge in [0, 0.05) is 0 Å². The number of halogens is 1. The summed E-state index contributed by atoms with van der Waals surface area (Å²) in [6.07, 6.45) is 0. The molecule has 0 saturated carbocycles. The fourth-order valence-corrected chi connectivity index (χ4v) is 2.74. The molecule has 2 aromatic carbocycles. The molecular weight excluding hydrogens is 236 g/mol. The lowest BCUT2D eigenvalue weighted by Crippen LogP contribution is -2.28. The average molecular weight is 245 g/mol. The van der Waals surface area contributed by atoms with Gasteiger partial charge in [0.1, 0.15) is 0 Å². The summed E-state index contributed by atoms with van der Waals surface area (Å²) in [6.45, 7) is 0. The van der Waals surface area contributed by atoms with E-state index in [1.54, 1.807) is 12.1 Å². The number of fused-ring (bicyclic) bond motifs is 3. The first-order chi connectivity index (χ1) is 8.15. The van der Waals surface area contributed by atoms with Gasteiger partial charge in [0.15, 0.2) is 4.87 Å². The van der Waals surface area contributed by atoms with Crippen LogP contribution in [-0.2, 0) is 9.67 Å². The lowest BCUT2D eigenvalue weighted by Gasteiger charge is -2.18. The Morgan fingerprint density at radius 2 is 1.35 bits per heavy atom. The summed E-state index contributed by atoms with van der Waals surface area (Å²) >= 11 is 6.37. The maximum absolute atomic E-state index is 11.5. The molecule has 2 nitrogen and oxygen atoms in total. The van der Waals surface area contributed by atoms with Crippen molar-refractivity contribution in [2.75, 3.05) is 0 Å². The minimum absolute atomic E-state index is 0.648. The zero-order chi connectivity index (χ0) is 12.0. The third-order valence-corrected chi connectivity index (χ3v) is 3.75. The molecule has 17 heavy (non-hydrogen) atoms. The lowest BCUT2D eigenvalue weighted by molar-refractivity contribution is -0.139. The van der Waals surface area contributed by atoms with Crippen LogP contribution in [0.25, 0.3) is 11.1 Å². The first kappa shape index (κ1) is 10.4. The largest absolute Gasteiger partial charge is 0.479 e. The Morgan fingerprint density at radius 1 is 0.941 bits per heavy atom. The molecular formula is C14H9ClO2. The summed E-state index contributed by atoms with van der Waals surface area (Å²) in [5.74, 6) is -1.03. The van der Waals surface area contributed by atoms with Gasteiger partial charge in [-0.15, -0.1) is 0 Å². The number of carboxylic acid groups (broad SMARTS) is 1. The summed E-state index contributed by atoms with van der Waals surface area (Å²) < 4.78 is 0. The second kappa shape index (κ2) is 3.34. The van der Waals surface area contributed by atoms with Gasteiger partial charge in [-0.3, -0.25) is 0 Å². The lowest BCUT2D eigenvalue weighted by atomic mass is 9.96. The van der Waals surface area contributed by atoms with Crippen LogP contribution in [0.1, 0.15) is 11.1 Å². The van der Waals surface area contributed by atoms with Gasteiger partial charge < -0.3 is 5.11 Å². The van der Waals surface area contributed by atoms with Crippen LogP contribution in [0.5, 0.6) is 0 Å². The summed E-state index contributed by atoms with van der Waals surface area (Å²) in [5.41, 5.74) is 3.10. The van der Waals surface area contributed by atoms with Crippen LogP contribution in [0, 0.1) is 0 Å². The molecule has 0 fully saturated rings. The zero-order valence-corrected chi connectivity index (χ0v) is 9.61. The molecule has 0 spiro atoms. The second-order valence-corrected chi connectivity index (χ2v) is 4.62. The molecule has 0 unspecified atom stereocenters. The number of benzene rings is 2. The molecule has 84 valence electrons. The molecule has 1 aliphatic rings. The van der Waals surface area contributed by atoms with Crippen LogP contribution >= 0.6 is 11.6 Å². The van der Waals surface area contributed by atoms with Gasteiger partial charge in [-0.25, -0.2) is 4.79 Å². The Labute approximate surface area is 103 Å². The first-order valence-electron chi connectivity index (χ1n) is 5.27. The monoisotopic (exact) mass is 244 g/mol. The van der Waals surface area contributed by atoms with Crippen molar-refractivity contribution in [1.29, 1.82) is 0 Å². The smallest absolute Gasteiger partial charge is 0.334 e. The number of hydrogen-bond acceptors (Lipinski definition) is 1. The van der Waals surface area contributed by atoms with E-state index in [1.165, 1.54) is 0 Å². The van der Waals surface area contributed by atoms with E-state index in [-0.39, 0.29) is 0 Å². The van der Waals surface area contributed by atoms with E-state index in [2.05, 4.69) is 0 Å². The molecule has 0 saturated heterocycles. The number of rotatable bonds is 1. The zero-order valence-electron chi connectivity index (χ0n) is 8.85.